The molecule has 124 valence electrons. The van der Waals surface area contributed by atoms with Crippen LogP contribution in [0.1, 0.15) is 56.7 Å². The number of nitrogens with one attached hydrogen (secondary N) is 1. The highest BCUT2D eigenvalue weighted by Gasteiger charge is 2.16. The van der Waals surface area contributed by atoms with Gasteiger partial charge in [0.2, 0.25) is 0 Å². The molecule has 1 aromatic rings. The third-order valence-electron chi connectivity index (χ3n) is 4.80. The predicted octanol–water partition coefficient (Wildman–Crippen LogP) is 3.14. The molecule has 0 radical (unpaired) electrons. The monoisotopic (exact) mass is 304 g/mol. The first-order valence-corrected chi connectivity index (χ1v) is 8.95. The van der Waals surface area contributed by atoms with Crippen molar-refractivity contribution >= 4 is 0 Å². The summed E-state index contributed by atoms with van der Waals surface area (Å²) in [5, 5.41) is 13.2. The third-order valence-corrected chi connectivity index (χ3v) is 4.80. The number of likely N-dealkylation sites (tertiary alicyclic amines) is 1. The van der Waals surface area contributed by atoms with Gasteiger partial charge in [0.25, 0.3) is 0 Å². The molecule has 2 N–H and O–H groups in total. The maximum Gasteiger partial charge on any atom is 0.0564 e. The maximum atomic E-state index is 9.53. The summed E-state index contributed by atoms with van der Waals surface area (Å²) in [6.07, 6.45) is 5.23. The Hall–Kier alpha value is -0.900. The van der Waals surface area contributed by atoms with Crippen molar-refractivity contribution in [1.82, 2.24) is 10.2 Å². The van der Waals surface area contributed by atoms with Gasteiger partial charge in [0.15, 0.2) is 0 Å². The lowest BCUT2D eigenvalue weighted by atomic mass is 10.0. The minimum Gasteiger partial charge on any atom is -0.393 e. The average Bonchev–Trinajstić information content (AvgIpc) is 2.57. The van der Waals surface area contributed by atoms with Gasteiger partial charge in [0, 0.05) is 19.1 Å². The summed E-state index contributed by atoms with van der Waals surface area (Å²) in [4.78, 5) is 2.48. The molecule has 22 heavy (non-hydrogen) atoms. The number of hydrogen-bond acceptors (Lipinski definition) is 3. The molecule has 1 atom stereocenters. The fraction of sp³-hybridized carbons (Fsp3) is 0.684. The molecule has 0 bridgehead atoms. The average molecular weight is 304 g/mol. The van der Waals surface area contributed by atoms with Gasteiger partial charge >= 0.3 is 0 Å². The molecule has 0 aromatic heterocycles. The number of aryl methyl sites for hydroxylation is 1. The summed E-state index contributed by atoms with van der Waals surface area (Å²) in [5.74, 6) is 0. The number of hydrogen-bond donors (Lipinski definition) is 2. The topological polar surface area (TPSA) is 35.5 Å². The first-order valence-electron chi connectivity index (χ1n) is 8.95. The molecule has 0 amide bonds. The Labute approximate surface area is 135 Å². The van der Waals surface area contributed by atoms with Gasteiger partial charge in [-0.05, 0) is 56.3 Å². The Morgan fingerprint density at radius 1 is 1.18 bits per heavy atom. The van der Waals surface area contributed by atoms with Crippen molar-refractivity contribution in [2.45, 2.75) is 58.1 Å². The van der Waals surface area contributed by atoms with Crippen LogP contribution in [0.15, 0.2) is 24.3 Å². The summed E-state index contributed by atoms with van der Waals surface area (Å²) in [7, 11) is 0. The number of rotatable bonds is 8. The largest absolute Gasteiger partial charge is 0.393 e. The van der Waals surface area contributed by atoms with Crippen molar-refractivity contribution in [2.75, 3.05) is 26.2 Å². The molecule has 0 saturated carbocycles. The number of aliphatic hydroxyl groups is 1. The number of piperidine rings is 1. The lowest BCUT2D eigenvalue weighted by molar-refractivity contribution is 0.0820. The van der Waals surface area contributed by atoms with Crippen LogP contribution >= 0.6 is 0 Å². The lowest BCUT2D eigenvalue weighted by Crippen LogP contribution is -2.37. The molecule has 0 aliphatic carbocycles. The van der Waals surface area contributed by atoms with Gasteiger partial charge < -0.3 is 15.3 Å². The smallest absolute Gasteiger partial charge is 0.0564 e. The third kappa shape index (κ3) is 5.38. The van der Waals surface area contributed by atoms with E-state index in [2.05, 4.69) is 48.3 Å². The molecule has 1 fully saturated rings. The summed E-state index contributed by atoms with van der Waals surface area (Å²) in [5.41, 5.74) is 2.81. The minimum atomic E-state index is -0.0649. The van der Waals surface area contributed by atoms with E-state index >= 15 is 0 Å². The van der Waals surface area contributed by atoms with Crippen LogP contribution in [-0.4, -0.2) is 42.3 Å². The zero-order chi connectivity index (χ0) is 15.8. The molecule has 3 nitrogen and oxygen atoms in total. The summed E-state index contributed by atoms with van der Waals surface area (Å²) >= 11 is 0. The van der Waals surface area contributed by atoms with Crippen LogP contribution in [0.4, 0.5) is 0 Å². The SMILES string of the molecule is CCc1ccc(C(CC)NCCCN2CCC(O)CC2)cc1. The molecule has 3 heteroatoms. The second kappa shape index (κ2) is 9.29. The standard InChI is InChI=1S/C19H32N2O/c1-3-16-6-8-17(9-7-16)19(4-2)20-12-5-13-21-14-10-18(22)11-15-21/h6-9,18-20,22H,3-5,10-15H2,1-2H3. The zero-order valence-corrected chi connectivity index (χ0v) is 14.2. The van der Waals surface area contributed by atoms with Crippen LogP contribution in [0.25, 0.3) is 0 Å². The number of nitrogens with zero attached hydrogens (tertiary/aromatic N) is 1. The van der Waals surface area contributed by atoms with Crippen molar-refractivity contribution in [3.8, 4) is 0 Å². The van der Waals surface area contributed by atoms with Crippen molar-refractivity contribution in [3.63, 3.8) is 0 Å². The van der Waals surface area contributed by atoms with E-state index in [0.717, 1.165) is 51.9 Å². The Balaban J connectivity index is 1.69. The molecular weight excluding hydrogens is 272 g/mol. The van der Waals surface area contributed by atoms with E-state index in [-0.39, 0.29) is 6.10 Å². The first-order chi connectivity index (χ1) is 10.7. The van der Waals surface area contributed by atoms with Gasteiger partial charge in [-0.2, -0.15) is 0 Å². The van der Waals surface area contributed by atoms with Gasteiger partial charge in [-0.15, -0.1) is 0 Å². The zero-order valence-electron chi connectivity index (χ0n) is 14.2. The van der Waals surface area contributed by atoms with Crippen LogP contribution < -0.4 is 5.32 Å². The van der Waals surface area contributed by atoms with Crippen LogP contribution in [0, 0.1) is 0 Å². The van der Waals surface area contributed by atoms with Gasteiger partial charge in [-0.25, -0.2) is 0 Å². The number of aliphatic hydroxyl groups excluding tert-OH is 1. The van der Waals surface area contributed by atoms with Crippen LogP contribution in [0.5, 0.6) is 0 Å². The van der Waals surface area contributed by atoms with E-state index in [0.29, 0.717) is 6.04 Å². The Kier molecular flexibility index (Phi) is 7.37. The van der Waals surface area contributed by atoms with Gasteiger partial charge in [-0.1, -0.05) is 38.1 Å². The van der Waals surface area contributed by atoms with Crippen molar-refractivity contribution in [2.24, 2.45) is 0 Å². The molecule has 2 rings (SSSR count). The fourth-order valence-corrected chi connectivity index (χ4v) is 3.21. The van der Waals surface area contributed by atoms with Gasteiger partial charge in [0.1, 0.15) is 0 Å². The van der Waals surface area contributed by atoms with E-state index in [1.807, 2.05) is 0 Å². The van der Waals surface area contributed by atoms with E-state index < -0.39 is 0 Å². The lowest BCUT2D eigenvalue weighted by Gasteiger charge is -2.29. The molecule has 1 unspecified atom stereocenters. The summed E-state index contributed by atoms with van der Waals surface area (Å²) in [6, 6.07) is 9.50. The van der Waals surface area contributed by atoms with E-state index in [1.165, 1.54) is 17.5 Å². The highest BCUT2D eigenvalue weighted by atomic mass is 16.3. The molecule has 0 spiro atoms. The first kappa shape index (κ1) is 17.5. The Morgan fingerprint density at radius 2 is 1.86 bits per heavy atom. The second-order valence-electron chi connectivity index (χ2n) is 6.44. The van der Waals surface area contributed by atoms with E-state index in [9.17, 15) is 5.11 Å². The van der Waals surface area contributed by atoms with Crippen LogP contribution in [0.2, 0.25) is 0 Å². The molecule has 1 aliphatic rings. The van der Waals surface area contributed by atoms with E-state index in [1.54, 1.807) is 0 Å². The van der Waals surface area contributed by atoms with Crippen molar-refractivity contribution < 1.29 is 5.11 Å². The molecule has 1 aliphatic heterocycles. The second-order valence-corrected chi connectivity index (χ2v) is 6.44. The van der Waals surface area contributed by atoms with Crippen molar-refractivity contribution in [3.05, 3.63) is 35.4 Å². The molecular formula is C19H32N2O. The summed E-state index contributed by atoms with van der Waals surface area (Å²) < 4.78 is 0. The van der Waals surface area contributed by atoms with Gasteiger partial charge in [-0.3, -0.25) is 0 Å². The molecule has 1 heterocycles. The molecule has 1 saturated heterocycles. The Morgan fingerprint density at radius 3 is 2.45 bits per heavy atom. The predicted molar refractivity (Wildman–Crippen MR) is 93.2 cm³/mol. The normalized spacial score (nSPS) is 18.5. The van der Waals surface area contributed by atoms with Crippen LogP contribution in [0.3, 0.4) is 0 Å². The van der Waals surface area contributed by atoms with Gasteiger partial charge in [0.05, 0.1) is 6.10 Å². The highest BCUT2D eigenvalue weighted by Crippen LogP contribution is 2.17. The maximum absolute atomic E-state index is 9.53. The Bertz CT molecular complexity index is 410. The highest BCUT2D eigenvalue weighted by molar-refractivity contribution is 5.24. The molecule has 1 aromatic carbocycles. The number of benzene rings is 1. The fourth-order valence-electron chi connectivity index (χ4n) is 3.21. The van der Waals surface area contributed by atoms with E-state index in [4.69, 9.17) is 0 Å². The van der Waals surface area contributed by atoms with Crippen molar-refractivity contribution in [1.29, 1.82) is 0 Å². The van der Waals surface area contributed by atoms with Crippen LogP contribution in [-0.2, 0) is 6.42 Å². The summed E-state index contributed by atoms with van der Waals surface area (Å²) in [6.45, 7) is 8.76. The minimum absolute atomic E-state index is 0.0649. The quantitative estimate of drug-likeness (QED) is 0.724.